The van der Waals surface area contributed by atoms with Gasteiger partial charge < -0.3 is 10.6 Å². The normalized spacial score (nSPS) is 19.6. The summed E-state index contributed by atoms with van der Waals surface area (Å²) < 4.78 is 1.86. The zero-order chi connectivity index (χ0) is 14.6. The Balaban J connectivity index is 1.96. The van der Waals surface area contributed by atoms with Gasteiger partial charge in [0.05, 0.1) is 6.20 Å². The number of likely N-dealkylation sites (tertiary alicyclic amines) is 1. The van der Waals surface area contributed by atoms with Gasteiger partial charge in [-0.25, -0.2) is 0 Å². The van der Waals surface area contributed by atoms with Gasteiger partial charge in [-0.1, -0.05) is 6.92 Å². The van der Waals surface area contributed by atoms with Gasteiger partial charge in [0.2, 0.25) is 0 Å². The molecule has 0 spiro atoms. The van der Waals surface area contributed by atoms with Crippen LogP contribution in [-0.2, 0) is 13.6 Å². The third-order valence-corrected chi connectivity index (χ3v) is 4.69. The Bertz CT molecular complexity index is 406. The van der Waals surface area contributed by atoms with Crippen LogP contribution in [0, 0.1) is 0 Å². The molecule has 2 heterocycles. The SMILES string of the molecule is CCCN1CCC(CN)(N(C)Cc2cnn(C)c2)CC1. The minimum atomic E-state index is 0.153. The van der Waals surface area contributed by atoms with Gasteiger partial charge in [-0.3, -0.25) is 9.58 Å². The molecule has 2 N–H and O–H groups in total. The quantitative estimate of drug-likeness (QED) is 0.846. The van der Waals surface area contributed by atoms with Crippen LogP contribution in [0.3, 0.4) is 0 Å². The number of likely N-dealkylation sites (N-methyl/N-ethyl adjacent to an activating group) is 1. The molecule has 1 aliphatic heterocycles. The highest BCUT2D eigenvalue weighted by molar-refractivity contribution is 5.06. The van der Waals surface area contributed by atoms with Crippen molar-refractivity contribution in [3.05, 3.63) is 18.0 Å². The lowest BCUT2D eigenvalue weighted by Gasteiger charge is -2.47. The average Bonchev–Trinajstić information content (AvgIpc) is 2.85. The van der Waals surface area contributed by atoms with Gasteiger partial charge in [0.1, 0.15) is 0 Å². The summed E-state index contributed by atoms with van der Waals surface area (Å²) in [5.41, 5.74) is 7.55. The molecule has 2 rings (SSSR count). The van der Waals surface area contributed by atoms with E-state index in [1.54, 1.807) is 0 Å². The van der Waals surface area contributed by atoms with Crippen molar-refractivity contribution in [1.29, 1.82) is 0 Å². The number of piperidine rings is 1. The van der Waals surface area contributed by atoms with Crippen molar-refractivity contribution in [2.75, 3.05) is 33.2 Å². The van der Waals surface area contributed by atoms with Crippen LogP contribution in [0.4, 0.5) is 0 Å². The number of hydrogen-bond donors (Lipinski definition) is 1. The smallest absolute Gasteiger partial charge is 0.0534 e. The maximum Gasteiger partial charge on any atom is 0.0534 e. The third kappa shape index (κ3) is 3.40. The zero-order valence-corrected chi connectivity index (χ0v) is 13.2. The van der Waals surface area contributed by atoms with Gasteiger partial charge in [-0.05, 0) is 45.9 Å². The summed E-state index contributed by atoms with van der Waals surface area (Å²) in [6.07, 6.45) is 7.61. The molecule has 1 aliphatic rings. The van der Waals surface area contributed by atoms with Gasteiger partial charge in [-0.15, -0.1) is 0 Å². The third-order valence-electron chi connectivity index (χ3n) is 4.69. The molecule has 0 aliphatic carbocycles. The van der Waals surface area contributed by atoms with Crippen molar-refractivity contribution < 1.29 is 0 Å². The standard InChI is InChI=1S/C15H29N5/c1-4-7-20-8-5-15(13-16,6-9-20)18(2)11-14-10-17-19(3)12-14/h10,12H,4-9,11,13,16H2,1-3H3. The number of nitrogens with two attached hydrogens (primary N) is 1. The fraction of sp³-hybridized carbons (Fsp3) is 0.800. The van der Waals surface area contributed by atoms with E-state index in [1.807, 2.05) is 17.9 Å². The van der Waals surface area contributed by atoms with Crippen molar-refractivity contribution >= 4 is 0 Å². The molecule has 5 heteroatoms. The van der Waals surface area contributed by atoms with Crippen LogP contribution >= 0.6 is 0 Å². The first-order valence-corrected chi connectivity index (χ1v) is 7.71. The van der Waals surface area contributed by atoms with Crippen LogP contribution in [0.2, 0.25) is 0 Å². The minimum absolute atomic E-state index is 0.153. The maximum atomic E-state index is 6.14. The molecule has 1 aromatic heterocycles. The summed E-state index contributed by atoms with van der Waals surface area (Å²) in [6, 6.07) is 0. The van der Waals surface area contributed by atoms with Crippen LogP contribution in [0.25, 0.3) is 0 Å². The van der Waals surface area contributed by atoms with Crippen LogP contribution in [0.5, 0.6) is 0 Å². The molecule has 20 heavy (non-hydrogen) atoms. The summed E-state index contributed by atoms with van der Waals surface area (Å²) in [5.74, 6) is 0. The van der Waals surface area contributed by atoms with Crippen molar-refractivity contribution in [1.82, 2.24) is 19.6 Å². The molecule has 0 bridgehead atoms. The van der Waals surface area contributed by atoms with Crippen LogP contribution < -0.4 is 5.73 Å². The molecule has 0 amide bonds. The van der Waals surface area contributed by atoms with E-state index >= 15 is 0 Å². The molecule has 114 valence electrons. The number of aryl methyl sites for hydroxylation is 1. The lowest BCUT2D eigenvalue weighted by molar-refractivity contribution is 0.0401. The Morgan fingerprint density at radius 1 is 1.40 bits per heavy atom. The summed E-state index contributed by atoms with van der Waals surface area (Å²) in [5, 5.41) is 4.25. The zero-order valence-electron chi connectivity index (χ0n) is 13.2. The second-order valence-electron chi connectivity index (χ2n) is 6.15. The summed E-state index contributed by atoms with van der Waals surface area (Å²) in [4.78, 5) is 5.00. The summed E-state index contributed by atoms with van der Waals surface area (Å²) in [7, 11) is 4.17. The first kappa shape index (κ1) is 15.5. The monoisotopic (exact) mass is 279 g/mol. The largest absolute Gasteiger partial charge is 0.329 e. The van der Waals surface area contributed by atoms with E-state index in [-0.39, 0.29) is 5.54 Å². The van der Waals surface area contributed by atoms with E-state index in [4.69, 9.17) is 5.73 Å². The fourth-order valence-corrected chi connectivity index (χ4v) is 3.25. The van der Waals surface area contributed by atoms with Crippen molar-refractivity contribution in [2.45, 2.75) is 38.3 Å². The first-order chi connectivity index (χ1) is 9.59. The molecule has 0 radical (unpaired) electrons. The first-order valence-electron chi connectivity index (χ1n) is 7.71. The summed E-state index contributed by atoms with van der Waals surface area (Å²) >= 11 is 0. The van der Waals surface area contributed by atoms with Crippen LogP contribution in [0.15, 0.2) is 12.4 Å². The van der Waals surface area contributed by atoms with E-state index in [9.17, 15) is 0 Å². The van der Waals surface area contributed by atoms with E-state index in [0.717, 1.165) is 13.1 Å². The van der Waals surface area contributed by atoms with E-state index < -0.39 is 0 Å². The molecule has 0 unspecified atom stereocenters. The molecule has 1 fully saturated rings. The van der Waals surface area contributed by atoms with E-state index in [2.05, 4.69) is 35.1 Å². The van der Waals surface area contributed by atoms with Gasteiger partial charge in [-0.2, -0.15) is 5.10 Å². The summed E-state index contributed by atoms with van der Waals surface area (Å²) in [6.45, 7) is 7.47. The Labute approximate surface area is 122 Å². The average molecular weight is 279 g/mol. The van der Waals surface area contributed by atoms with E-state index in [0.29, 0.717) is 0 Å². The Hall–Kier alpha value is -0.910. The van der Waals surface area contributed by atoms with E-state index in [1.165, 1.54) is 44.5 Å². The molecule has 0 aromatic carbocycles. The second kappa shape index (κ2) is 6.70. The lowest BCUT2D eigenvalue weighted by Crippen LogP contribution is -2.57. The highest BCUT2D eigenvalue weighted by Gasteiger charge is 2.36. The van der Waals surface area contributed by atoms with Gasteiger partial charge >= 0.3 is 0 Å². The molecular formula is C15H29N5. The Morgan fingerprint density at radius 3 is 2.60 bits per heavy atom. The number of hydrogen-bond acceptors (Lipinski definition) is 4. The molecule has 5 nitrogen and oxygen atoms in total. The van der Waals surface area contributed by atoms with Gasteiger partial charge in [0.25, 0.3) is 0 Å². The highest BCUT2D eigenvalue weighted by Crippen LogP contribution is 2.28. The molecule has 1 saturated heterocycles. The molecular weight excluding hydrogens is 250 g/mol. The van der Waals surface area contributed by atoms with Crippen LogP contribution in [-0.4, -0.2) is 58.3 Å². The molecule has 0 atom stereocenters. The second-order valence-corrected chi connectivity index (χ2v) is 6.15. The molecule has 0 saturated carbocycles. The van der Waals surface area contributed by atoms with Crippen molar-refractivity contribution in [2.24, 2.45) is 12.8 Å². The van der Waals surface area contributed by atoms with Crippen molar-refractivity contribution in [3.63, 3.8) is 0 Å². The number of rotatable bonds is 6. The minimum Gasteiger partial charge on any atom is -0.329 e. The Morgan fingerprint density at radius 2 is 2.10 bits per heavy atom. The number of nitrogens with zero attached hydrogens (tertiary/aromatic N) is 4. The molecule has 1 aromatic rings. The maximum absolute atomic E-state index is 6.14. The topological polar surface area (TPSA) is 50.3 Å². The predicted molar refractivity (Wildman–Crippen MR) is 82.4 cm³/mol. The lowest BCUT2D eigenvalue weighted by atomic mass is 9.85. The van der Waals surface area contributed by atoms with Crippen molar-refractivity contribution in [3.8, 4) is 0 Å². The van der Waals surface area contributed by atoms with Crippen LogP contribution in [0.1, 0.15) is 31.7 Å². The van der Waals surface area contributed by atoms with Gasteiger partial charge in [0, 0.05) is 37.4 Å². The highest BCUT2D eigenvalue weighted by atomic mass is 15.3. The number of aromatic nitrogens is 2. The Kier molecular flexibility index (Phi) is 5.18. The van der Waals surface area contributed by atoms with Gasteiger partial charge in [0.15, 0.2) is 0 Å². The predicted octanol–water partition coefficient (Wildman–Crippen LogP) is 1.06. The fourth-order valence-electron chi connectivity index (χ4n) is 3.25.